The zero-order chi connectivity index (χ0) is 17.5. The van der Waals surface area contributed by atoms with E-state index >= 15 is 0 Å². The minimum absolute atomic E-state index is 0. The van der Waals surface area contributed by atoms with Crippen molar-refractivity contribution in [2.24, 2.45) is 5.73 Å². The molecule has 0 radical (unpaired) electrons. The van der Waals surface area contributed by atoms with Gasteiger partial charge in [-0.25, -0.2) is 4.79 Å². The number of nitro benzene ring substituents is 1. The van der Waals surface area contributed by atoms with Gasteiger partial charge < -0.3 is 21.9 Å². The second-order valence-electron chi connectivity index (χ2n) is 6.86. The first-order valence-electron chi connectivity index (χ1n) is 7.43. The minimum atomic E-state index is -1.17. The number of aliphatic carboxylic acids is 1. The number of hydrogen-bond acceptors (Lipinski definition) is 7. The van der Waals surface area contributed by atoms with Gasteiger partial charge in [0.25, 0.3) is 5.69 Å². The van der Waals surface area contributed by atoms with Crippen LogP contribution in [0.3, 0.4) is 0 Å². The van der Waals surface area contributed by atoms with Crippen LogP contribution in [0.2, 0.25) is 0 Å². The molecular weight excluding hydrogens is 348 g/mol. The number of non-ortho nitro benzene ring substituents is 1. The van der Waals surface area contributed by atoms with E-state index in [9.17, 15) is 24.8 Å². The van der Waals surface area contributed by atoms with E-state index in [4.69, 9.17) is 5.73 Å². The molecule has 1 saturated carbocycles. The number of thioether (sulfide) groups is 1. The molecule has 10 heteroatoms. The lowest BCUT2D eigenvalue weighted by Crippen LogP contribution is -2.79. The lowest BCUT2D eigenvalue weighted by Gasteiger charge is -2.53. The van der Waals surface area contributed by atoms with Gasteiger partial charge in [-0.05, 0) is 12.5 Å². The smallest absolute Gasteiger partial charge is 0.331 e. The number of benzene rings is 1. The summed E-state index contributed by atoms with van der Waals surface area (Å²) in [5, 5.41) is 19.9. The maximum absolute atomic E-state index is 12.6. The lowest BCUT2D eigenvalue weighted by atomic mass is 9.81. The molecular formula is C15H18N4O5S. The van der Waals surface area contributed by atoms with Crippen molar-refractivity contribution in [3.8, 4) is 0 Å². The van der Waals surface area contributed by atoms with Crippen molar-refractivity contribution in [3.05, 3.63) is 39.9 Å². The number of carboxylic acid groups (broad SMARTS) is 1. The number of hydrogen-bond donors (Lipinski definition) is 3. The van der Waals surface area contributed by atoms with Gasteiger partial charge in [0.05, 0.1) is 9.67 Å². The fraction of sp³-hybridized carbons (Fsp3) is 0.467. The zero-order valence-corrected chi connectivity index (χ0v) is 14.3. The molecule has 4 atom stereocenters. The van der Waals surface area contributed by atoms with Gasteiger partial charge in [-0.1, -0.05) is 12.1 Å². The Balaban J connectivity index is 0.00000182. The summed E-state index contributed by atoms with van der Waals surface area (Å²) in [4.78, 5) is 35.9. The molecule has 0 spiro atoms. The van der Waals surface area contributed by atoms with Gasteiger partial charge in [-0.2, -0.15) is 0 Å². The molecule has 1 aliphatic carbocycles. The Labute approximate surface area is 147 Å². The van der Waals surface area contributed by atoms with Gasteiger partial charge >= 0.3 is 5.97 Å². The van der Waals surface area contributed by atoms with E-state index in [1.54, 1.807) is 12.1 Å². The van der Waals surface area contributed by atoms with Gasteiger partial charge in [-0.3, -0.25) is 14.9 Å². The van der Waals surface area contributed by atoms with E-state index in [-0.39, 0.29) is 29.5 Å². The third-order valence-electron chi connectivity index (χ3n) is 5.42. The third-order valence-corrected chi connectivity index (χ3v) is 7.27. The van der Waals surface area contributed by atoms with Crippen LogP contribution >= 0.6 is 11.8 Å². The Morgan fingerprint density at radius 1 is 1.48 bits per heavy atom. The fourth-order valence-electron chi connectivity index (χ4n) is 3.94. The average molecular weight is 366 g/mol. The summed E-state index contributed by atoms with van der Waals surface area (Å²) in [6, 6.07) is 5.91. The quantitative estimate of drug-likeness (QED) is 0.402. The molecule has 25 heavy (non-hydrogen) atoms. The highest BCUT2D eigenvalue weighted by Crippen LogP contribution is 2.73. The van der Waals surface area contributed by atoms with E-state index in [2.05, 4.69) is 0 Å². The summed E-state index contributed by atoms with van der Waals surface area (Å²) < 4.78 is -0.490. The molecule has 2 aliphatic heterocycles. The number of β-lactam (4-membered cyclic amide) rings is 1. The van der Waals surface area contributed by atoms with Gasteiger partial charge in [0.2, 0.25) is 5.91 Å². The minimum Gasteiger partial charge on any atom is -0.479 e. The Morgan fingerprint density at radius 3 is 2.60 bits per heavy atom. The summed E-state index contributed by atoms with van der Waals surface area (Å²) in [6.07, 6.45) is 0.666. The maximum atomic E-state index is 12.6. The molecule has 3 fully saturated rings. The predicted molar refractivity (Wildman–Crippen MR) is 90.4 cm³/mol. The molecule has 0 aromatic heterocycles. The molecule has 1 aromatic carbocycles. The van der Waals surface area contributed by atoms with Crippen molar-refractivity contribution in [3.63, 3.8) is 0 Å². The van der Waals surface area contributed by atoms with E-state index in [1.165, 1.54) is 28.8 Å². The first-order chi connectivity index (χ1) is 11.2. The first kappa shape index (κ1) is 17.6. The monoisotopic (exact) mass is 366 g/mol. The molecule has 2 heterocycles. The highest BCUT2D eigenvalue weighted by atomic mass is 32.2. The van der Waals surface area contributed by atoms with Crippen LogP contribution in [0.1, 0.15) is 18.9 Å². The van der Waals surface area contributed by atoms with Crippen LogP contribution in [0.25, 0.3) is 0 Å². The van der Waals surface area contributed by atoms with Crippen LogP contribution < -0.4 is 11.9 Å². The molecule has 1 unspecified atom stereocenters. The molecule has 6 N–H and O–H groups in total. The van der Waals surface area contributed by atoms with Crippen molar-refractivity contribution in [1.82, 2.24) is 11.1 Å². The number of amides is 1. The van der Waals surface area contributed by atoms with Crippen molar-refractivity contribution in [2.45, 2.75) is 41.0 Å². The highest BCUT2D eigenvalue weighted by Gasteiger charge is 2.87. The maximum Gasteiger partial charge on any atom is 0.331 e. The summed E-state index contributed by atoms with van der Waals surface area (Å²) in [6.45, 7) is 1.85. The van der Waals surface area contributed by atoms with E-state index < -0.39 is 26.7 Å². The number of carboxylic acids is 1. The van der Waals surface area contributed by atoms with Crippen LogP contribution in [0.5, 0.6) is 0 Å². The van der Waals surface area contributed by atoms with Crippen molar-refractivity contribution < 1.29 is 19.6 Å². The number of carbonyl (C=O) groups is 2. The van der Waals surface area contributed by atoms with Crippen molar-refractivity contribution >= 4 is 29.3 Å². The van der Waals surface area contributed by atoms with E-state index in [0.29, 0.717) is 12.0 Å². The van der Waals surface area contributed by atoms with Gasteiger partial charge in [-0.15, -0.1) is 11.8 Å². The normalized spacial score (nSPS) is 37.4. The topological polar surface area (TPSA) is 162 Å². The largest absolute Gasteiger partial charge is 0.479 e. The van der Waals surface area contributed by atoms with Crippen LogP contribution in [0, 0.1) is 10.1 Å². The number of nitrogens with two attached hydrogens (primary N) is 1. The Morgan fingerprint density at radius 2 is 2.08 bits per heavy atom. The van der Waals surface area contributed by atoms with Gasteiger partial charge in [0.15, 0.2) is 5.54 Å². The Kier molecular flexibility index (Phi) is 3.48. The summed E-state index contributed by atoms with van der Waals surface area (Å²) >= 11 is 1.45. The standard InChI is InChI=1S/C15H15N3O5S.H3N/c1-13-7-15(13,12(20)21)17-10(19)14(16,11(17)24-13)6-8-2-4-9(5-3-8)18(22)23;/h2-5,11H,6-7,16H2,1H3,(H,20,21);1H3/t11-,13?,14-,15-;/m1./s1. The van der Waals surface area contributed by atoms with Crippen LogP contribution in [0.15, 0.2) is 24.3 Å². The van der Waals surface area contributed by atoms with Crippen LogP contribution in [-0.2, 0) is 16.0 Å². The summed E-state index contributed by atoms with van der Waals surface area (Å²) in [7, 11) is 0. The van der Waals surface area contributed by atoms with Gasteiger partial charge in [0, 0.05) is 25.0 Å². The third kappa shape index (κ3) is 1.92. The second kappa shape index (κ2) is 4.93. The number of carbonyl (C=O) groups excluding carboxylic acids is 1. The van der Waals surface area contributed by atoms with Crippen LogP contribution in [0.4, 0.5) is 5.69 Å². The number of rotatable bonds is 4. The predicted octanol–water partition coefficient (Wildman–Crippen LogP) is 0.898. The van der Waals surface area contributed by atoms with E-state index in [1.807, 2.05) is 6.92 Å². The SMILES string of the molecule is CC12C[C@]1(C(=O)O)N1C(=O)[C@](N)(Cc3ccc([N+](=O)[O-])cc3)[C@H]1S2.N. The van der Waals surface area contributed by atoms with E-state index in [0.717, 1.165) is 0 Å². The molecule has 3 aliphatic rings. The fourth-order valence-corrected chi connectivity index (χ4v) is 5.88. The van der Waals surface area contributed by atoms with Crippen molar-refractivity contribution in [2.75, 3.05) is 0 Å². The molecule has 4 rings (SSSR count). The molecule has 2 saturated heterocycles. The molecule has 1 amide bonds. The first-order valence-corrected chi connectivity index (χ1v) is 8.31. The Bertz CT molecular complexity index is 802. The number of nitrogens with zero attached hydrogens (tertiary/aromatic N) is 2. The molecule has 1 aromatic rings. The number of fused-ring (bicyclic) bond motifs is 3. The van der Waals surface area contributed by atoms with Crippen molar-refractivity contribution in [1.29, 1.82) is 0 Å². The average Bonchev–Trinajstić information content (AvgIpc) is 3.06. The number of nitro groups is 1. The highest BCUT2D eigenvalue weighted by molar-refractivity contribution is 8.02. The summed E-state index contributed by atoms with van der Waals surface area (Å²) in [5.74, 6) is -1.34. The molecule has 9 nitrogen and oxygen atoms in total. The van der Waals surface area contributed by atoms with Gasteiger partial charge in [0.1, 0.15) is 10.9 Å². The second-order valence-corrected chi connectivity index (χ2v) is 8.44. The summed E-state index contributed by atoms with van der Waals surface area (Å²) in [5.41, 5.74) is 4.72. The lowest BCUT2D eigenvalue weighted by molar-refractivity contribution is -0.384. The van der Waals surface area contributed by atoms with Crippen LogP contribution in [-0.4, -0.2) is 48.0 Å². The molecule has 134 valence electrons. The Hall–Kier alpha value is -2.17. The zero-order valence-electron chi connectivity index (χ0n) is 13.5. The molecule has 0 bridgehead atoms.